The molecule has 112 valence electrons. The SMILES string of the molecule is NCc1cccn(Cc2ccc(OC(F)(F)F)cc2)c1=O. The summed E-state index contributed by atoms with van der Waals surface area (Å²) in [7, 11) is 0. The summed E-state index contributed by atoms with van der Waals surface area (Å²) in [5, 5.41) is 0. The summed E-state index contributed by atoms with van der Waals surface area (Å²) in [6.07, 6.45) is -3.12. The van der Waals surface area contributed by atoms with Crippen molar-refractivity contribution in [3.05, 3.63) is 64.1 Å². The summed E-state index contributed by atoms with van der Waals surface area (Å²) in [5.74, 6) is -0.297. The fourth-order valence-electron chi connectivity index (χ4n) is 1.86. The lowest BCUT2D eigenvalue weighted by Gasteiger charge is -2.10. The highest BCUT2D eigenvalue weighted by Gasteiger charge is 2.30. The number of pyridine rings is 1. The van der Waals surface area contributed by atoms with Crippen molar-refractivity contribution in [2.24, 2.45) is 5.73 Å². The highest BCUT2D eigenvalue weighted by molar-refractivity contribution is 5.27. The number of rotatable bonds is 4. The molecule has 0 fully saturated rings. The maximum atomic E-state index is 12.0. The van der Waals surface area contributed by atoms with E-state index in [9.17, 15) is 18.0 Å². The van der Waals surface area contributed by atoms with Gasteiger partial charge in [0.05, 0.1) is 6.54 Å². The van der Waals surface area contributed by atoms with E-state index in [1.165, 1.54) is 28.8 Å². The van der Waals surface area contributed by atoms with Gasteiger partial charge in [-0.25, -0.2) is 0 Å². The minimum atomic E-state index is -4.71. The molecule has 0 aliphatic heterocycles. The average molecular weight is 298 g/mol. The van der Waals surface area contributed by atoms with Gasteiger partial charge in [0.15, 0.2) is 0 Å². The van der Waals surface area contributed by atoms with Gasteiger partial charge in [-0.15, -0.1) is 13.2 Å². The van der Waals surface area contributed by atoms with E-state index in [1.54, 1.807) is 18.3 Å². The van der Waals surface area contributed by atoms with Gasteiger partial charge in [-0.1, -0.05) is 18.2 Å². The second-order valence-electron chi connectivity index (χ2n) is 4.36. The van der Waals surface area contributed by atoms with E-state index in [0.717, 1.165) is 0 Å². The van der Waals surface area contributed by atoms with Crippen molar-refractivity contribution in [2.45, 2.75) is 19.5 Å². The summed E-state index contributed by atoms with van der Waals surface area (Å²) in [6.45, 7) is 0.386. The van der Waals surface area contributed by atoms with Crippen LogP contribution < -0.4 is 16.0 Å². The standard InChI is InChI=1S/C14H13F3N2O2/c15-14(16,17)21-12-5-3-10(4-6-12)9-19-7-1-2-11(8-18)13(19)20/h1-7H,8-9,18H2. The third-order valence-electron chi connectivity index (χ3n) is 2.83. The number of hydrogen-bond acceptors (Lipinski definition) is 3. The fraction of sp³-hybridized carbons (Fsp3) is 0.214. The Morgan fingerprint density at radius 1 is 1.14 bits per heavy atom. The number of nitrogens with two attached hydrogens (primary N) is 1. The molecule has 0 saturated heterocycles. The van der Waals surface area contributed by atoms with Crippen LogP contribution in [0, 0.1) is 0 Å². The van der Waals surface area contributed by atoms with Gasteiger partial charge in [-0.3, -0.25) is 4.79 Å². The molecule has 0 bridgehead atoms. The predicted octanol–water partition coefficient (Wildman–Crippen LogP) is 2.25. The molecule has 2 rings (SSSR count). The molecule has 1 aromatic heterocycles. The van der Waals surface area contributed by atoms with E-state index in [-0.39, 0.29) is 24.4 Å². The minimum absolute atomic E-state index is 0.137. The maximum Gasteiger partial charge on any atom is 0.573 e. The Balaban J connectivity index is 2.16. The van der Waals surface area contributed by atoms with Gasteiger partial charge in [-0.05, 0) is 23.8 Å². The van der Waals surface area contributed by atoms with Crippen LogP contribution in [-0.2, 0) is 13.1 Å². The summed E-state index contributed by atoms with van der Waals surface area (Å²) in [5.41, 5.74) is 6.41. The first-order valence-corrected chi connectivity index (χ1v) is 6.12. The highest BCUT2D eigenvalue weighted by atomic mass is 19.4. The van der Waals surface area contributed by atoms with Gasteiger partial charge in [0, 0.05) is 18.3 Å². The number of aromatic nitrogens is 1. The quantitative estimate of drug-likeness (QED) is 0.942. The van der Waals surface area contributed by atoms with Gasteiger partial charge in [0.2, 0.25) is 0 Å². The number of nitrogens with zero attached hydrogens (tertiary/aromatic N) is 1. The molecular weight excluding hydrogens is 285 g/mol. The zero-order valence-electron chi connectivity index (χ0n) is 10.9. The third kappa shape index (κ3) is 4.09. The largest absolute Gasteiger partial charge is 0.573 e. The lowest BCUT2D eigenvalue weighted by atomic mass is 10.2. The topological polar surface area (TPSA) is 57.2 Å². The second-order valence-corrected chi connectivity index (χ2v) is 4.36. The molecule has 2 aromatic rings. The number of hydrogen-bond donors (Lipinski definition) is 1. The normalized spacial score (nSPS) is 11.4. The molecular formula is C14H13F3N2O2. The van der Waals surface area contributed by atoms with E-state index >= 15 is 0 Å². The fourth-order valence-corrected chi connectivity index (χ4v) is 1.86. The zero-order valence-corrected chi connectivity index (χ0v) is 10.9. The van der Waals surface area contributed by atoms with Crippen LogP contribution in [0.2, 0.25) is 0 Å². The Labute approximate surface area is 118 Å². The van der Waals surface area contributed by atoms with Gasteiger partial charge >= 0.3 is 6.36 Å². The number of alkyl halides is 3. The van der Waals surface area contributed by atoms with Crippen molar-refractivity contribution in [3.63, 3.8) is 0 Å². The molecule has 0 atom stereocenters. The molecule has 2 N–H and O–H groups in total. The lowest BCUT2D eigenvalue weighted by molar-refractivity contribution is -0.274. The molecule has 0 aliphatic carbocycles. The molecule has 0 radical (unpaired) electrons. The number of benzene rings is 1. The summed E-state index contributed by atoms with van der Waals surface area (Å²) in [4.78, 5) is 12.0. The first-order chi connectivity index (χ1) is 9.89. The van der Waals surface area contributed by atoms with Crippen LogP contribution in [-0.4, -0.2) is 10.9 Å². The van der Waals surface area contributed by atoms with E-state index < -0.39 is 6.36 Å². The van der Waals surface area contributed by atoms with Crippen molar-refractivity contribution in [3.8, 4) is 5.75 Å². The number of ether oxygens (including phenoxy) is 1. The molecule has 0 unspecified atom stereocenters. The number of halogens is 3. The highest BCUT2D eigenvalue weighted by Crippen LogP contribution is 2.22. The molecule has 0 saturated carbocycles. The molecule has 1 heterocycles. The minimum Gasteiger partial charge on any atom is -0.406 e. The van der Waals surface area contributed by atoms with Gasteiger partial charge in [-0.2, -0.15) is 0 Å². The third-order valence-corrected chi connectivity index (χ3v) is 2.83. The molecule has 1 aromatic carbocycles. The predicted molar refractivity (Wildman–Crippen MR) is 70.8 cm³/mol. The maximum absolute atomic E-state index is 12.0. The molecule has 0 amide bonds. The first kappa shape index (κ1) is 15.1. The van der Waals surface area contributed by atoms with Crippen LogP contribution in [0.25, 0.3) is 0 Å². The Bertz CT molecular complexity index is 663. The van der Waals surface area contributed by atoms with E-state index in [0.29, 0.717) is 11.1 Å². The van der Waals surface area contributed by atoms with Crippen LogP contribution in [0.15, 0.2) is 47.4 Å². The average Bonchev–Trinajstić information content (AvgIpc) is 2.42. The van der Waals surface area contributed by atoms with E-state index in [2.05, 4.69) is 4.74 Å². The van der Waals surface area contributed by atoms with Crippen LogP contribution in [0.1, 0.15) is 11.1 Å². The second kappa shape index (κ2) is 6.01. The van der Waals surface area contributed by atoms with Crippen molar-refractivity contribution >= 4 is 0 Å². The van der Waals surface area contributed by atoms with Crippen LogP contribution in [0.4, 0.5) is 13.2 Å². The zero-order chi connectivity index (χ0) is 15.5. The first-order valence-electron chi connectivity index (χ1n) is 6.12. The molecule has 0 aliphatic rings. The molecule has 4 nitrogen and oxygen atoms in total. The van der Waals surface area contributed by atoms with Gasteiger partial charge < -0.3 is 15.0 Å². The summed E-state index contributed by atoms with van der Waals surface area (Å²) in [6, 6.07) is 8.70. The van der Waals surface area contributed by atoms with Gasteiger partial charge in [0.1, 0.15) is 5.75 Å². The van der Waals surface area contributed by atoms with E-state index in [4.69, 9.17) is 5.73 Å². The van der Waals surface area contributed by atoms with Crippen molar-refractivity contribution in [1.82, 2.24) is 4.57 Å². The van der Waals surface area contributed by atoms with Crippen LogP contribution >= 0.6 is 0 Å². The molecule has 0 spiro atoms. The van der Waals surface area contributed by atoms with Gasteiger partial charge in [0.25, 0.3) is 5.56 Å². The Morgan fingerprint density at radius 3 is 2.38 bits per heavy atom. The molecule has 7 heteroatoms. The summed E-state index contributed by atoms with van der Waals surface area (Å²) >= 11 is 0. The monoisotopic (exact) mass is 298 g/mol. The molecule has 21 heavy (non-hydrogen) atoms. The Hall–Kier alpha value is -2.28. The summed E-state index contributed by atoms with van der Waals surface area (Å²) < 4.78 is 41.4. The van der Waals surface area contributed by atoms with Crippen LogP contribution in [0.5, 0.6) is 5.75 Å². The van der Waals surface area contributed by atoms with Crippen molar-refractivity contribution in [1.29, 1.82) is 0 Å². The lowest BCUT2D eigenvalue weighted by Crippen LogP contribution is -2.25. The van der Waals surface area contributed by atoms with E-state index in [1.807, 2.05) is 0 Å². The van der Waals surface area contributed by atoms with Crippen LogP contribution in [0.3, 0.4) is 0 Å². The smallest absolute Gasteiger partial charge is 0.406 e. The van der Waals surface area contributed by atoms with Crippen molar-refractivity contribution in [2.75, 3.05) is 0 Å². The Kier molecular flexibility index (Phi) is 4.32. The Morgan fingerprint density at radius 2 is 1.81 bits per heavy atom. The van der Waals surface area contributed by atoms with Crippen molar-refractivity contribution < 1.29 is 17.9 Å².